The van der Waals surface area contributed by atoms with E-state index in [9.17, 15) is 19.8 Å². The highest BCUT2D eigenvalue weighted by atomic mass is 32.1. The van der Waals surface area contributed by atoms with Crippen LogP contribution in [0.3, 0.4) is 0 Å². The van der Waals surface area contributed by atoms with E-state index in [0.29, 0.717) is 16.7 Å². The standard InChI is InChI=1S/C11H14O5S/c1-2-16-10(14)5-8(13)11(15)7-3-4-17-9(7)6-12/h3-4,6,8,11,13,15H,2,5H2,1H3. The van der Waals surface area contributed by atoms with Crippen molar-refractivity contribution >= 4 is 23.6 Å². The van der Waals surface area contributed by atoms with Crippen molar-refractivity contribution in [2.45, 2.75) is 25.6 Å². The zero-order chi connectivity index (χ0) is 12.8. The molecule has 6 heteroatoms. The van der Waals surface area contributed by atoms with Gasteiger partial charge in [0.2, 0.25) is 0 Å². The van der Waals surface area contributed by atoms with Crippen LogP contribution in [0.15, 0.2) is 11.4 Å². The van der Waals surface area contributed by atoms with E-state index in [1.807, 2.05) is 0 Å². The van der Waals surface area contributed by atoms with E-state index in [1.165, 1.54) is 11.3 Å². The largest absolute Gasteiger partial charge is 0.466 e. The molecule has 1 aromatic heterocycles. The monoisotopic (exact) mass is 258 g/mol. The molecule has 1 rings (SSSR count). The molecule has 0 amide bonds. The van der Waals surface area contributed by atoms with Gasteiger partial charge in [0.1, 0.15) is 6.10 Å². The van der Waals surface area contributed by atoms with E-state index in [1.54, 1.807) is 18.4 Å². The molecule has 2 unspecified atom stereocenters. The fourth-order valence-electron chi connectivity index (χ4n) is 1.38. The van der Waals surface area contributed by atoms with Gasteiger partial charge in [-0.05, 0) is 18.4 Å². The zero-order valence-electron chi connectivity index (χ0n) is 9.33. The molecule has 0 aliphatic rings. The van der Waals surface area contributed by atoms with Crippen LogP contribution in [0.4, 0.5) is 0 Å². The van der Waals surface area contributed by atoms with Crippen molar-refractivity contribution in [2.75, 3.05) is 6.61 Å². The number of rotatable bonds is 6. The van der Waals surface area contributed by atoms with E-state index in [-0.39, 0.29) is 13.0 Å². The maximum atomic E-state index is 11.1. The lowest BCUT2D eigenvalue weighted by Crippen LogP contribution is -2.23. The summed E-state index contributed by atoms with van der Waals surface area (Å²) >= 11 is 1.17. The lowest BCUT2D eigenvalue weighted by molar-refractivity contribution is -0.147. The summed E-state index contributed by atoms with van der Waals surface area (Å²) in [5.74, 6) is -0.582. The SMILES string of the molecule is CCOC(=O)CC(O)C(O)c1ccsc1C=O. The zero-order valence-corrected chi connectivity index (χ0v) is 10.1. The molecule has 17 heavy (non-hydrogen) atoms. The Morgan fingerprint density at radius 1 is 1.59 bits per heavy atom. The highest BCUT2D eigenvalue weighted by Gasteiger charge is 2.24. The fourth-order valence-corrected chi connectivity index (χ4v) is 2.12. The summed E-state index contributed by atoms with van der Waals surface area (Å²) < 4.78 is 4.66. The van der Waals surface area contributed by atoms with E-state index < -0.39 is 18.2 Å². The van der Waals surface area contributed by atoms with E-state index >= 15 is 0 Å². The minimum atomic E-state index is -1.28. The topological polar surface area (TPSA) is 83.8 Å². The fraction of sp³-hybridized carbons (Fsp3) is 0.455. The van der Waals surface area contributed by atoms with Gasteiger partial charge in [0.05, 0.1) is 24.0 Å². The van der Waals surface area contributed by atoms with Crippen molar-refractivity contribution in [3.63, 3.8) is 0 Å². The van der Waals surface area contributed by atoms with Crippen LogP contribution < -0.4 is 0 Å². The van der Waals surface area contributed by atoms with Gasteiger partial charge in [0.25, 0.3) is 0 Å². The van der Waals surface area contributed by atoms with Gasteiger partial charge in [0, 0.05) is 5.56 Å². The molecule has 0 radical (unpaired) electrons. The normalized spacial score (nSPS) is 14.1. The second-order valence-corrected chi connectivity index (χ2v) is 4.33. The average molecular weight is 258 g/mol. The third-order valence-electron chi connectivity index (χ3n) is 2.20. The van der Waals surface area contributed by atoms with Crippen LogP contribution in [-0.2, 0) is 9.53 Å². The molecule has 0 saturated heterocycles. The first-order valence-corrected chi connectivity index (χ1v) is 6.02. The third kappa shape index (κ3) is 3.62. The molecule has 0 spiro atoms. The molecular weight excluding hydrogens is 244 g/mol. The van der Waals surface area contributed by atoms with Gasteiger partial charge < -0.3 is 14.9 Å². The van der Waals surface area contributed by atoms with E-state index in [4.69, 9.17) is 0 Å². The second-order valence-electron chi connectivity index (χ2n) is 3.38. The predicted molar refractivity (Wildman–Crippen MR) is 61.9 cm³/mol. The minimum absolute atomic E-state index is 0.222. The van der Waals surface area contributed by atoms with Gasteiger partial charge >= 0.3 is 5.97 Å². The Hall–Kier alpha value is -1.24. The maximum Gasteiger partial charge on any atom is 0.308 e. The number of aliphatic hydroxyl groups excluding tert-OH is 2. The Morgan fingerprint density at radius 3 is 2.88 bits per heavy atom. The number of hydrogen-bond acceptors (Lipinski definition) is 6. The van der Waals surface area contributed by atoms with E-state index in [0.717, 1.165) is 0 Å². The Kier molecular flexibility index (Phi) is 5.27. The third-order valence-corrected chi connectivity index (χ3v) is 3.06. The van der Waals surface area contributed by atoms with Gasteiger partial charge in [-0.15, -0.1) is 11.3 Å². The first-order valence-electron chi connectivity index (χ1n) is 5.14. The van der Waals surface area contributed by atoms with Crippen molar-refractivity contribution < 1.29 is 24.5 Å². The molecular formula is C11H14O5S. The lowest BCUT2D eigenvalue weighted by atomic mass is 10.0. The summed E-state index contributed by atoms with van der Waals surface area (Å²) in [6.07, 6.45) is -2.23. The average Bonchev–Trinajstić information content (AvgIpc) is 2.76. The van der Waals surface area contributed by atoms with Crippen LogP contribution >= 0.6 is 11.3 Å². The van der Waals surface area contributed by atoms with E-state index in [2.05, 4.69) is 4.74 Å². The number of aldehydes is 1. The molecule has 2 N–H and O–H groups in total. The number of esters is 1. The van der Waals surface area contributed by atoms with Crippen molar-refractivity contribution in [2.24, 2.45) is 0 Å². The van der Waals surface area contributed by atoms with Crippen molar-refractivity contribution in [3.05, 3.63) is 21.9 Å². The molecule has 0 aliphatic carbocycles. The Balaban J connectivity index is 2.66. The first kappa shape index (κ1) is 13.8. The van der Waals surface area contributed by atoms with Gasteiger partial charge in [-0.2, -0.15) is 0 Å². The van der Waals surface area contributed by atoms with Crippen LogP contribution in [0.2, 0.25) is 0 Å². The summed E-state index contributed by atoms with van der Waals surface area (Å²) in [6, 6.07) is 1.55. The molecule has 94 valence electrons. The summed E-state index contributed by atoms with van der Waals surface area (Å²) in [6.45, 7) is 1.88. The molecule has 0 fully saturated rings. The van der Waals surface area contributed by atoms with Crippen LogP contribution in [-0.4, -0.2) is 35.2 Å². The Morgan fingerprint density at radius 2 is 2.29 bits per heavy atom. The molecule has 0 aliphatic heterocycles. The lowest BCUT2D eigenvalue weighted by Gasteiger charge is -2.16. The molecule has 5 nitrogen and oxygen atoms in total. The van der Waals surface area contributed by atoms with Crippen molar-refractivity contribution in [3.8, 4) is 0 Å². The molecule has 0 aromatic carbocycles. The second kappa shape index (κ2) is 6.48. The van der Waals surface area contributed by atoms with Crippen LogP contribution in [0.1, 0.15) is 34.7 Å². The smallest absolute Gasteiger partial charge is 0.308 e. The number of aliphatic hydroxyl groups is 2. The Bertz CT molecular complexity index is 387. The summed E-state index contributed by atoms with van der Waals surface area (Å²) in [5.41, 5.74) is 0.335. The summed E-state index contributed by atoms with van der Waals surface area (Å²) in [4.78, 5) is 22.1. The molecule has 1 aromatic rings. The summed E-state index contributed by atoms with van der Waals surface area (Å²) in [5, 5.41) is 21.1. The molecule has 0 bridgehead atoms. The highest BCUT2D eigenvalue weighted by Crippen LogP contribution is 2.25. The van der Waals surface area contributed by atoms with Crippen molar-refractivity contribution in [1.29, 1.82) is 0 Å². The minimum Gasteiger partial charge on any atom is -0.466 e. The van der Waals surface area contributed by atoms with Gasteiger partial charge in [-0.25, -0.2) is 0 Å². The first-order chi connectivity index (χ1) is 8.10. The summed E-state index contributed by atoms with van der Waals surface area (Å²) in [7, 11) is 0. The number of ether oxygens (including phenoxy) is 1. The predicted octanol–water partition coefficient (Wildman–Crippen LogP) is 0.908. The number of hydrogen-bond donors (Lipinski definition) is 2. The number of carbonyl (C=O) groups excluding carboxylic acids is 2. The molecule has 2 atom stereocenters. The van der Waals surface area contributed by atoms with Crippen LogP contribution in [0.5, 0.6) is 0 Å². The molecule has 1 heterocycles. The Labute approximate surface area is 103 Å². The number of carbonyl (C=O) groups is 2. The van der Waals surface area contributed by atoms with Crippen molar-refractivity contribution in [1.82, 2.24) is 0 Å². The van der Waals surface area contributed by atoms with Crippen LogP contribution in [0, 0.1) is 0 Å². The maximum absolute atomic E-state index is 11.1. The quantitative estimate of drug-likeness (QED) is 0.585. The van der Waals surface area contributed by atoms with Crippen LogP contribution in [0.25, 0.3) is 0 Å². The van der Waals surface area contributed by atoms with Gasteiger partial charge in [0.15, 0.2) is 6.29 Å². The van der Waals surface area contributed by atoms with Gasteiger partial charge in [-0.3, -0.25) is 9.59 Å². The molecule has 0 saturated carbocycles. The van der Waals surface area contributed by atoms with Gasteiger partial charge in [-0.1, -0.05) is 0 Å². The highest BCUT2D eigenvalue weighted by molar-refractivity contribution is 7.11. The number of thiophene rings is 1.